The second-order valence-corrected chi connectivity index (χ2v) is 7.01. The highest BCUT2D eigenvalue weighted by Gasteiger charge is 2.30. The second kappa shape index (κ2) is 7.20. The van der Waals surface area contributed by atoms with Crippen molar-refractivity contribution in [2.45, 2.75) is 25.7 Å². The fourth-order valence-electron chi connectivity index (χ4n) is 2.48. The summed E-state index contributed by atoms with van der Waals surface area (Å²) in [6.45, 7) is 1.70. The summed E-state index contributed by atoms with van der Waals surface area (Å²) in [4.78, 5) is 0. The summed E-state index contributed by atoms with van der Waals surface area (Å²) in [5.41, 5.74) is 5.85. The summed E-state index contributed by atoms with van der Waals surface area (Å²) >= 11 is 0. The molecule has 0 unspecified atom stereocenters. The van der Waals surface area contributed by atoms with Crippen LogP contribution >= 0.6 is 0 Å². The van der Waals surface area contributed by atoms with Crippen molar-refractivity contribution in [1.82, 2.24) is 4.31 Å². The fourth-order valence-corrected chi connectivity index (χ4v) is 4.22. The smallest absolute Gasteiger partial charge is 0.304 e. The number of hydrogen-bond acceptors (Lipinski definition) is 3. The molecule has 7 heteroatoms. The van der Waals surface area contributed by atoms with E-state index in [2.05, 4.69) is 0 Å². The molecule has 1 aromatic rings. The molecule has 0 radical (unpaired) electrons. The molecule has 5 nitrogen and oxygen atoms in total. The Balaban J connectivity index is 2.30. The summed E-state index contributed by atoms with van der Waals surface area (Å²) in [5.74, 6) is -0.445. The molecule has 0 bridgehead atoms. The number of anilines is 1. The maximum Gasteiger partial charge on any atom is 0.304 e. The van der Waals surface area contributed by atoms with Crippen molar-refractivity contribution in [3.8, 4) is 0 Å². The second-order valence-electron chi connectivity index (χ2n) is 5.16. The lowest BCUT2D eigenvalue weighted by Crippen LogP contribution is -2.46. The average molecular weight is 315 g/mol. The number of hydrogen-bond donors (Lipinski definition) is 1. The third-order valence-corrected chi connectivity index (χ3v) is 5.55. The number of benzene rings is 1. The molecule has 0 aromatic heterocycles. The lowest BCUT2D eigenvalue weighted by atomic mass is 10.2. The summed E-state index contributed by atoms with van der Waals surface area (Å²) in [7, 11) is -3.62. The molecule has 1 aliphatic heterocycles. The minimum absolute atomic E-state index is 0.263. The number of rotatable bonds is 6. The number of nitrogens with two attached hydrogens (primary N) is 1. The SMILES string of the molecule is NCCCN(c1cccc(F)c1)S(=O)(=O)N1CCCCC1. The van der Waals surface area contributed by atoms with Gasteiger partial charge in [-0.2, -0.15) is 12.7 Å². The zero-order valence-corrected chi connectivity index (χ0v) is 12.9. The molecule has 21 heavy (non-hydrogen) atoms. The van der Waals surface area contributed by atoms with E-state index >= 15 is 0 Å². The molecule has 0 saturated carbocycles. The van der Waals surface area contributed by atoms with E-state index in [4.69, 9.17) is 5.73 Å². The molecule has 1 fully saturated rings. The summed E-state index contributed by atoms with van der Waals surface area (Å²) < 4.78 is 41.8. The van der Waals surface area contributed by atoms with Crippen molar-refractivity contribution in [2.75, 3.05) is 30.5 Å². The van der Waals surface area contributed by atoms with Gasteiger partial charge in [0.25, 0.3) is 0 Å². The highest BCUT2D eigenvalue weighted by Crippen LogP contribution is 2.24. The minimum Gasteiger partial charge on any atom is -0.330 e. The predicted octanol–water partition coefficient (Wildman–Crippen LogP) is 1.71. The Morgan fingerprint density at radius 3 is 2.57 bits per heavy atom. The van der Waals surface area contributed by atoms with Crippen molar-refractivity contribution in [3.05, 3.63) is 30.1 Å². The Bertz CT molecular complexity index is 559. The Morgan fingerprint density at radius 1 is 1.24 bits per heavy atom. The molecule has 1 saturated heterocycles. The zero-order valence-electron chi connectivity index (χ0n) is 12.0. The van der Waals surface area contributed by atoms with Crippen molar-refractivity contribution in [3.63, 3.8) is 0 Å². The van der Waals surface area contributed by atoms with E-state index < -0.39 is 16.0 Å². The van der Waals surface area contributed by atoms with Gasteiger partial charge in [0.1, 0.15) is 5.82 Å². The first-order valence-corrected chi connectivity index (χ1v) is 8.69. The topological polar surface area (TPSA) is 66.6 Å². The third-order valence-electron chi connectivity index (χ3n) is 3.58. The minimum atomic E-state index is -3.62. The normalized spacial score (nSPS) is 16.9. The van der Waals surface area contributed by atoms with Crippen molar-refractivity contribution in [1.29, 1.82) is 0 Å². The molecule has 0 amide bonds. The van der Waals surface area contributed by atoms with Crippen LogP contribution in [0.15, 0.2) is 24.3 Å². The van der Waals surface area contributed by atoms with Gasteiger partial charge in [-0.25, -0.2) is 4.39 Å². The lowest BCUT2D eigenvalue weighted by Gasteiger charge is -2.33. The van der Waals surface area contributed by atoms with E-state index in [0.29, 0.717) is 31.7 Å². The van der Waals surface area contributed by atoms with Gasteiger partial charge in [0.05, 0.1) is 5.69 Å². The fraction of sp³-hybridized carbons (Fsp3) is 0.571. The van der Waals surface area contributed by atoms with Gasteiger partial charge in [-0.1, -0.05) is 12.5 Å². The molecule has 2 N–H and O–H groups in total. The molecule has 118 valence electrons. The average Bonchev–Trinajstić information content (AvgIpc) is 2.48. The maximum atomic E-state index is 13.4. The molecule has 2 rings (SSSR count). The number of halogens is 1. The Hall–Kier alpha value is -1.18. The summed E-state index contributed by atoms with van der Waals surface area (Å²) in [6.07, 6.45) is 3.32. The van der Waals surface area contributed by atoms with E-state index in [1.165, 1.54) is 26.8 Å². The quantitative estimate of drug-likeness (QED) is 0.869. The Morgan fingerprint density at radius 2 is 1.95 bits per heavy atom. The van der Waals surface area contributed by atoms with E-state index in [9.17, 15) is 12.8 Å². The number of piperidine rings is 1. The predicted molar refractivity (Wildman–Crippen MR) is 81.8 cm³/mol. The summed E-state index contributed by atoms with van der Waals surface area (Å²) in [6, 6.07) is 5.68. The van der Waals surface area contributed by atoms with Gasteiger partial charge < -0.3 is 5.73 Å². The van der Waals surface area contributed by atoms with Crippen LogP contribution in [0.2, 0.25) is 0 Å². The monoisotopic (exact) mass is 315 g/mol. The molecule has 1 heterocycles. The lowest BCUT2D eigenvalue weighted by molar-refractivity contribution is 0.345. The number of nitrogens with zero attached hydrogens (tertiary/aromatic N) is 2. The van der Waals surface area contributed by atoms with Crippen LogP contribution < -0.4 is 10.0 Å². The van der Waals surface area contributed by atoms with Crippen molar-refractivity contribution in [2.24, 2.45) is 5.73 Å². The Labute approximate surface area is 125 Å². The van der Waals surface area contributed by atoms with Gasteiger partial charge in [-0.3, -0.25) is 4.31 Å². The Kier molecular flexibility index (Phi) is 5.55. The zero-order chi connectivity index (χ0) is 15.3. The van der Waals surface area contributed by atoms with Gasteiger partial charge in [0, 0.05) is 19.6 Å². The van der Waals surface area contributed by atoms with Crippen LogP contribution in [0.4, 0.5) is 10.1 Å². The van der Waals surface area contributed by atoms with Gasteiger partial charge in [0.15, 0.2) is 0 Å². The van der Waals surface area contributed by atoms with Crippen LogP contribution in [0, 0.1) is 5.82 Å². The highest BCUT2D eigenvalue weighted by atomic mass is 32.2. The van der Waals surface area contributed by atoms with E-state index in [1.807, 2.05) is 0 Å². The summed E-state index contributed by atoms with van der Waals surface area (Å²) in [5, 5.41) is 0. The van der Waals surface area contributed by atoms with E-state index in [0.717, 1.165) is 19.3 Å². The molecular weight excluding hydrogens is 293 g/mol. The van der Waals surface area contributed by atoms with Gasteiger partial charge in [-0.15, -0.1) is 0 Å². The maximum absolute atomic E-state index is 13.4. The first-order valence-electron chi connectivity index (χ1n) is 7.29. The van der Waals surface area contributed by atoms with Gasteiger partial charge in [0.2, 0.25) is 0 Å². The van der Waals surface area contributed by atoms with Gasteiger partial charge >= 0.3 is 10.2 Å². The van der Waals surface area contributed by atoms with Crippen LogP contribution in [-0.4, -0.2) is 38.9 Å². The van der Waals surface area contributed by atoms with Crippen LogP contribution in [0.25, 0.3) is 0 Å². The molecule has 1 aromatic carbocycles. The van der Waals surface area contributed by atoms with Crippen LogP contribution in [0.3, 0.4) is 0 Å². The molecule has 0 spiro atoms. The molecule has 0 aliphatic carbocycles. The first kappa shape index (κ1) is 16.2. The van der Waals surface area contributed by atoms with Crippen LogP contribution in [-0.2, 0) is 10.2 Å². The van der Waals surface area contributed by atoms with Gasteiger partial charge in [-0.05, 0) is 44.0 Å². The molecule has 0 atom stereocenters. The largest absolute Gasteiger partial charge is 0.330 e. The molecular formula is C14H22FN3O2S. The van der Waals surface area contributed by atoms with Crippen molar-refractivity contribution < 1.29 is 12.8 Å². The van der Waals surface area contributed by atoms with E-state index in [-0.39, 0.29) is 6.54 Å². The third kappa shape index (κ3) is 3.93. The highest BCUT2D eigenvalue weighted by molar-refractivity contribution is 7.90. The first-order chi connectivity index (χ1) is 10.1. The van der Waals surface area contributed by atoms with Crippen LogP contribution in [0.1, 0.15) is 25.7 Å². The van der Waals surface area contributed by atoms with Crippen molar-refractivity contribution >= 4 is 15.9 Å². The standard InChI is InChI=1S/C14H22FN3O2S/c15-13-6-4-7-14(12-13)18(11-5-8-16)21(19,20)17-9-2-1-3-10-17/h4,6-7,12H,1-3,5,8-11,16H2. The molecule has 1 aliphatic rings. The van der Waals surface area contributed by atoms with E-state index in [1.54, 1.807) is 6.07 Å². The van der Waals surface area contributed by atoms with Crippen LogP contribution in [0.5, 0.6) is 0 Å².